The van der Waals surface area contributed by atoms with Crippen LogP contribution in [0.25, 0.3) is 22.6 Å². The van der Waals surface area contributed by atoms with Gasteiger partial charge in [-0.3, -0.25) is 0 Å². The Bertz CT molecular complexity index is 922. The Morgan fingerprint density at radius 1 is 1.08 bits per heavy atom. The molecular weight excluding hydrogens is 311 g/mol. The highest BCUT2D eigenvalue weighted by atomic mass is 19.1. The highest BCUT2D eigenvalue weighted by Crippen LogP contribution is 2.25. The lowest BCUT2D eigenvalue weighted by molar-refractivity contribution is 0.542. The van der Waals surface area contributed by atoms with Gasteiger partial charge >= 0.3 is 0 Å². The van der Waals surface area contributed by atoms with Crippen LogP contribution in [0.5, 0.6) is 0 Å². The summed E-state index contributed by atoms with van der Waals surface area (Å²) in [6.45, 7) is 0.879. The van der Waals surface area contributed by atoms with Crippen LogP contribution in [0.15, 0.2) is 66.9 Å². The number of hydrogen-bond acceptors (Lipinski definition) is 1. The van der Waals surface area contributed by atoms with E-state index in [2.05, 4.69) is 46.7 Å². The molecule has 0 saturated heterocycles. The zero-order valence-electron chi connectivity index (χ0n) is 14.0. The van der Waals surface area contributed by atoms with Crippen molar-refractivity contribution in [1.29, 1.82) is 0 Å². The van der Waals surface area contributed by atoms with E-state index in [1.54, 1.807) is 6.07 Å². The molecule has 2 nitrogen and oxygen atoms in total. The van der Waals surface area contributed by atoms with Gasteiger partial charge in [0.05, 0.1) is 0 Å². The number of aromatic amines is 1. The molecule has 1 unspecified atom stereocenters. The van der Waals surface area contributed by atoms with Gasteiger partial charge in [-0.25, -0.2) is 4.39 Å². The summed E-state index contributed by atoms with van der Waals surface area (Å²) >= 11 is 0. The first-order valence-electron chi connectivity index (χ1n) is 8.71. The van der Waals surface area contributed by atoms with Crippen molar-refractivity contribution in [2.24, 2.45) is 0 Å². The molecule has 0 spiro atoms. The molecule has 4 rings (SSSR count). The maximum absolute atomic E-state index is 14.2. The molecule has 1 aromatic heterocycles. The SMILES string of the molecule is Fc1ccc2[nH]ccc2c1C=CCC1CC(c2ccccc2)=CCN1. The van der Waals surface area contributed by atoms with Gasteiger partial charge in [0.2, 0.25) is 0 Å². The Morgan fingerprint density at radius 3 is 2.84 bits per heavy atom. The summed E-state index contributed by atoms with van der Waals surface area (Å²) in [6.07, 6.45) is 9.97. The molecule has 2 N–H and O–H groups in total. The summed E-state index contributed by atoms with van der Waals surface area (Å²) in [7, 11) is 0. The van der Waals surface area contributed by atoms with Crippen molar-refractivity contribution >= 4 is 22.6 Å². The summed E-state index contributed by atoms with van der Waals surface area (Å²) in [4.78, 5) is 3.13. The second-order valence-electron chi connectivity index (χ2n) is 6.44. The number of benzene rings is 2. The van der Waals surface area contributed by atoms with E-state index in [1.165, 1.54) is 17.2 Å². The smallest absolute Gasteiger partial charge is 0.131 e. The van der Waals surface area contributed by atoms with Crippen LogP contribution in [0.4, 0.5) is 4.39 Å². The van der Waals surface area contributed by atoms with Crippen LogP contribution in [-0.4, -0.2) is 17.6 Å². The first-order valence-corrected chi connectivity index (χ1v) is 8.71. The fourth-order valence-electron chi connectivity index (χ4n) is 3.47. The van der Waals surface area contributed by atoms with E-state index >= 15 is 0 Å². The third-order valence-corrected chi connectivity index (χ3v) is 4.79. The first-order chi connectivity index (χ1) is 12.3. The van der Waals surface area contributed by atoms with Crippen molar-refractivity contribution in [3.63, 3.8) is 0 Å². The van der Waals surface area contributed by atoms with E-state index in [9.17, 15) is 4.39 Å². The lowest BCUT2D eigenvalue weighted by atomic mass is 9.93. The Balaban J connectivity index is 1.46. The second-order valence-corrected chi connectivity index (χ2v) is 6.44. The summed E-state index contributed by atoms with van der Waals surface area (Å²) < 4.78 is 14.2. The normalized spacial score (nSPS) is 18.0. The minimum Gasteiger partial charge on any atom is -0.361 e. The molecule has 1 aliphatic heterocycles. The molecule has 1 aliphatic rings. The van der Waals surface area contributed by atoms with Gasteiger partial charge in [-0.05, 0) is 42.2 Å². The minimum atomic E-state index is -0.176. The highest BCUT2D eigenvalue weighted by molar-refractivity contribution is 5.88. The van der Waals surface area contributed by atoms with E-state index in [0.29, 0.717) is 11.6 Å². The van der Waals surface area contributed by atoms with Gasteiger partial charge in [-0.2, -0.15) is 0 Å². The molecular formula is C22H21FN2. The summed E-state index contributed by atoms with van der Waals surface area (Å²) in [5.74, 6) is -0.176. The fourth-order valence-corrected chi connectivity index (χ4v) is 3.47. The molecule has 126 valence electrons. The standard InChI is InChI=1S/C22H21FN2/c23-21-9-10-22-20(12-14-25-22)19(21)8-4-7-18-15-17(11-13-24-18)16-5-2-1-3-6-16/h1-6,8-12,14,18,24-25H,7,13,15H2. The van der Waals surface area contributed by atoms with E-state index in [0.717, 1.165) is 30.3 Å². The third-order valence-electron chi connectivity index (χ3n) is 4.79. The predicted octanol–water partition coefficient (Wildman–Crippen LogP) is 5.16. The van der Waals surface area contributed by atoms with Gasteiger partial charge < -0.3 is 10.3 Å². The van der Waals surface area contributed by atoms with E-state index < -0.39 is 0 Å². The van der Waals surface area contributed by atoms with Crippen molar-refractivity contribution in [1.82, 2.24) is 10.3 Å². The Hall–Kier alpha value is -2.65. The average Bonchev–Trinajstić information content (AvgIpc) is 3.13. The fraction of sp³-hybridized carbons (Fsp3) is 0.182. The Morgan fingerprint density at radius 2 is 1.96 bits per heavy atom. The monoisotopic (exact) mass is 332 g/mol. The van der Waals surface area contributed by atoms with E-state index in [1.807, 2.05) is 24.4 Å². The number of fused-ring (bicyclic) bond motifs is 1. The lowest BCUT2D eigenvalue weighted by Gasteiger charge is -2.23. The summed E-state index contributed by atoms with van der Waals surface area (Å²) in [5.41, 5.74) is 4.30. The van der Waals surface area contributed by atoms with Gasteiger partial charge in [-0.15, -0.1) is 0 Å². The number of nitrogens with one attached hydrogen (secondary N) is 2. The molecule has 3 heteroatoms. The molecule has 0 radical (unpaired) electrons. The molecule has 1 atom stereocenters. The van der Waals surface area contributed by atoms with Gasteiger partial charge in [-0.1, -0.05) is 48.6 Å². The van der Waals surface area contributed by atoms with Gasteiger partial charge in [0.1, 0.15) is 5.82 Å². The van der Waals surface area contributed by atoms with Crippen molar-refractivity contribution in [3.05, 3.63) is 83.8 Å². The predicted molar refractivity (Wildman–Crippen MR) is 103 cm³/mol. The molecule has 2 heterocycles. The highest BCUT2D eigenvalue weighted by Gasteiger charge is 2.14. The summed E-state index contributed by atoms with van der Waals surface area (Å²) in [5, 5.41) is 4.45. The van der Waals surface area contributed by atoms with Crippen LogP contribution >= 0.6 is 0 Å². The van der Waals surface area contributed by atoms with Crippen molar-refractivity contribution in [2.45, 2.75) is 18.9 Å². The lowest BCUT2D eigenvalue weighted by Crippen LogP contribution is -2.32. The molecule has 0 bridgehead atoms. The van der Waals surface area contributed by atoms with Crippen LogP contribution in [0.3, 0.4) is 0 Å². The number of H-pyrrole nitrogens is 1. The molecule has 25 heavy (non-hydrogen) atoms. The average molecular weight is 332 g/mol. The molecule has 0 aliphatic carbocycles. The van der Waals surface area contributed by atoms with E-state index in [-0.39, 0.29) is 5.82 Å². The number of rotatable bonds is 4. The van der Waals surface area contributed by atoms with Crippen LogP contribution in [0.1, 0.15) is 24.0 Å². The third kappa shape index (κ3) is 3.42. The molecule has 0 saturated carbocycles. The van der Waals surface area contributed by atoms with Crippen LogP contribution in [0.2, 0.25) is 0 Å². The minimum absolute atomic E-state index is 0.176. The Labute approximate surface area is 147 Å². The van der Waals surface area contributed by atoms with Crippen LogP contribution in [0, 0.1) is 5.82 Å². The topological polar surface area (TPSA) is 27.8 Å². The summed E-state index contributed by atoms with van der Waals surface area (Å²) in [6, 6.07) is 16.1. The largest absolute Gasteiger partial charge is 0.361 e. The maximum atomic E-state index is 14.2. The second kappa shape index (κ2) is 7.08. The zero-order chi connectivity index (χ0) is 17.1. The molecule has 3 aromatic rings. The zero-order valence-corrected chi connectivity index (χ0v) is 14.0. The van der Waals surface area contributed by atoms with Gasteiger partial charge in [0.15, 0.2) is 0 Å². The van der Waals surface area contributed by atoms with Gasteiger partial charge in [0.25, 0.3) is 0 Å². The van der Waals surface area contributed by atoms with Crippen molar-refractivity contribution in [2.75, 3.05) is 6.54 Å². The van der Waals surface area contributed by atoms with Crippen LogP contribution < -0.4 is 5.32 Å². The maximum Gasteiger partial charge on any atom is 0.131 e. The molecule has 2 aromatic carbocycles. The number of hydrogen-bond donors (Lipinski definition) is 2. The first kappa shape index (κ1) is 15.9. The molecule has 0 amide bonds. The quantitative estimate of drug-likeness (QED) is 0.679. The number of halogens is 1. The van der Waals surface area contributed by atoms with E-state index in [4.69, 9.17) is 0 Å². The van der Waals surface area contributed by atoms with Crippen molar-refractivity contribution < 1.29 is 4.39 Å². The van der Waals surface area contributed by atoms with Gasteiger partial charge in [0, 0.05) is 35.2 Å². The molecule has 0 fully saturated rings. The van der Waals surface area contributed by atoms with Crippen LogP contribution in [-0.2, 0) is 0 Å². The Kier molecular flexibility index (Phi) is 4.49. The number of aromatic nitrogens is 1. The van der Waals surface area contributed by atoms with Crippen molar-refractivity contribution in [3.8, 4) is 0 Å².